The highest BCUT2D eigenvalue weighted by Gasteiger charge is 2.48. The van der Waals surface area contributed by atoms with Crippen LogP contribution in [0.1, 0.15) is 74.3 Å². The highest BCUT2D eigenvalue weighted by atomic mass is 32.3. The quantitative estimate of drug-likeness (QED) is 0.605. The first-order valence-corrected chi connectivity index (χ1v) is 12.5. The van der Waals surface area contributed by atoms with Crippen molar-refractivity contribution in [1.82, 2.24) is 4.13 Å². The Morgan fingerprint density at radius 2 is 1.20 bits per heavy atom. The molecule has 1 aromatic carbocycles. The molecule has 0 amide bonds. The molecule has 1 rings (SSSR count). The third-order valence-corrected chi connectivity index (χ3v) is 8.12. The maximum absolute atomic E-state index is 12.5. The van der Waals surface area contributed by atoms with Gasteiger partial charge in [0.15, 0.2) is 0 Å². The van der Waals surface area contributed by atoms with Crippen molar-refractivity contribution in [2.24, 2.45) is 10.8 Å². The molecule has 0 spiro atoms. The lowest BCUT2D eigenvalue weighted by Crippen LogP contribution is -2.41. The van der Waals surface area contributed by atoms with Gasteiger partial charge in [-0.2, -0.15) is 13.2 Å². The first-order valence-electron chi connectivity index (χ1n) is 9.58. The van der Waals surface area contributed by atoms with Gasteiger partial charge in [0.1, 0.15) is 0 Å². The molecule has 1 atom stereocenters. The van der Waals surface area contributed by atoms with Crippen LogP contribution in [0.5, 0.6) is 0 Å². The molecule has 0 aromatic heterocycles. The Morgan fingerprint density at radius 3 is 1.50 bits per heavy atom. The molecule has 0 fully saturated rings. The van der Waals surface area contributed by atoms with E-state index in [4.69, 9.17) is 0 Å². The summed E-state index contributed by atoms with van der Waals surface area (Å²) in [6.07, 6.45) is 0.774. The third-order valence-electron chi connectivity index (χ3n) is 4.87. The summed E-state index contributed by atoms with van der Waals surface area (Å²) in [4.78, 5) is -0.559. The smallest absolute Gasteiger partial charge is 0.206 e. The number of halogens is 3. The van der Waals surface area contributed by atoms with E-state index in [1.807, 2.05) is 20.8 Å². The van der Waals surface area contributed by atoms with E-state index in [0.717, 1.165) is 28.2 Å². The van der Waals surface area contributed by atoms with Crippen molar-refractivity contribution in [3.05, 3.63) is 29.8 Å². The molecule has 0 heterocycles. The van der Waals surface area contributed by atoms with Crippen LogP contribution in [0, 0.1) is 10.8 Å². The average Bonchev–Trinajstić information content (AvgIpc) is 2.52. The SMILES string of the molecule is CC.CC(C)(C)CC(C)(c1ccc(S(=O)(=O)NS(=O)(=O)C(F)(F)F)cc1)C(C)(C)C. The number of hydrogen-bond acceptors (Lipinski definition) is 4. The summed E-state index contributed by atoms with van der Waals surface area (Å²) in [7, 11) is -10.9. The van der Waals surface area contributed by atoms with Crippen molar-refractivity contribution in [3.8, 4) is 0 Å². The van der Waals surface area contributed by atoms with Crippen LogP contribution >= 0.6 is 0 Å². The van der Waals surface area contributed by atoms with E-state index in [1.165, 1.54) is 12.1 Å². The lowest BCUT2D eigenvalue weighted by Gasteiger charge is -2.46. The van der Waals surface area contributed by atoms with Crippen molar-refractivity contribution in [2.75, 3.05) is 0 Å². The lowest BCUT2D eigenvalue weighted by molar-refractivity contribution is -0.0441. The Hall–Kier alpha value is -1.13. The van der Waals surface area contributed by atoms with E-state index >= 15 is 0 Å². The maximum Gasteiger partial charge on any atom is 0.512 e. The van der Waals surface area contributed by atoms with E-state index < -0.39 is 30.5 Å². The van der Waals surface area contributed by atoms with Gasteiger partial charge in [-0.15, -0.1) is 0 Å². The highest BCUT2D eigenvalue weighted by molar-refractivity contribution is 8.05. The van der Waals surface area contributed by atoms with Crippen molar-refractivity contribution in [1.29, 1.82) is 0 Å². The molecular formula is C20H34F3NO4S2. The number of hydrogen-bond donors (Lipinski definition) is 1. The summed E-state index contributed by atoms with van der Waals surface area (Å²) in [5, 5.41) is 0. The Bertz CT molecular complexity index is 909. The number of rotatable bonds is 5. The van der Waals surface area contributed by atoms with E-state index in [1.54, 1.807) is 0 Å². The fourth-order valence-electron chi connectivity index (χ4n) is 3.10. The molecule has 0 radical (unpaired) electrons. The molecule has 0 bridgehead atoms. The highest BCUT2D eigenvalue weighted by Crippen LogP contribution is 2.48. The molecule has 0 aliphatic heterocycles. The second-order valence-electron chi connectivity index (χ2n) is 9.38. The summed E-state index contributed by atoms with van der Waals surface area (Å²) in [5.41, 5.74) is -5.50. The minimum absolute atomic E-state index is 0.0326. The standard InChI is InChI=1S/C18H28F3NO4S2.C2H6/c1-15(2,3)12-17(7,16(4,5)6)13-8-10-14(11-9-13)27(23,24)22-28(25,26)18(19,20)21;1-2/h8-11,22H,12H2,1-7H3;1-2H3. The second kappa shape index (κ2) is 9.16. The summed E-state index contributed by atoms with van der Waals surface area (Å²) < 4.78 is 84.6. The molecular weight excluding hydrogens is 439 g/mol. The van der Waals surface area contributed by atoms with Gasteiger partial charge in [0.2, 0.25) is 0 Å². The Balaban J connectivity index is 0.00000407. The van der Waals surface area contributed by atoms with Crippen molar-refractivity contribution >= 4 is 20.0 Å². The summed E-state index contributed by atoms with van der Waals surface area (Å²) in [6, 6.07) is 5.28. The van der Waals surface area contributed by atoms with Crippen LogP contribution in [0.4, 0.5) is 13.2 Å². The number of alkyl halides is 3. The minimum Gasteiger partial charge on any atom is -0.206 e. The third kappa shape index (κ3) is 6.95. The molecule has 1 N–H and O–H groups in total. The molecule has 10 heteroatoms. The van der Waals surface area contributed by atoms with Crippen LogP contribution in [-0.2, 0) is 25.5 Å². The fraction of sp³-hybridized carbons (Fsp3) is 0.700. The molecule has 0 saturated heterocycles. The first kappa shape index (κ1) is 28.9. The van der Waals surface area contributed by atoms with Crippen LogP contribution in [-0.4, -0.2) is 22.3 Å². The first-order chi connectivity index (χ1) is 13.1. The maximum atomic E-state index is 12.5. The number of sulfonamides is 2. The van der Waals surface area contributed by atoms with Crippen molar-refractivity contribution in [3.63, 3.8) is 0 Å². The fourth-order valence-corrected chi connectivity index (χ4v) is 5.52. The van der Waals surface area contributed by atoms with Crippen LogP contribution < -0.4 is 4.13 Å². The Kier molecular flexibility index (Phi) is 8.81. The van der Waals surface area contributed by atoms with E-state index in [0.29, 0.717) is 0 Å². The summed E-state index contributed by atoms with van der Waals surface area (Å²) in [5.74, 6) is 0. The van der Waals surface area contributed by atoms with Gasteiger partial charge in [0.25, 0.3) is 10.0 Å². The normalized spacial score (nSPS) is 15.7. The van der Waals surface area contributed by atoms with E-state index in [-0.39, 0.29) is 16.2 Å². The molecule has 5 nitrogen and oxygen atoms in total. The van der Waals surface area contributed by atoms with Gasteiger partial charge < -0.3 is 0 Å². The predicted octanol–water partition coefficient (Wildman–Crippen LogP) is 5.58. The molecule has 176 valence electrons. The van der Waals surface area contributed by atoms with E-state index in [2.05, 4.69) is 41.5 Å². The van der Waals surface area contributed by atoms with Gasteiger partial charge in [-0.3, -0.25) is 0 Å². The Morgan fingerprint density at radius 1 is 0.800 bits per heavy atom. The molecule has 30 heavy (non-hydrogen) atoms. The van der Waals surface area contributed by atoms with Crippen molar-refractivity contribution < 1.29 is 30.0 Å². The average molecular weight is 474 g/mol. The van der Waals surface area contributed by atoms with E-state index in [9.17, 15) is 30.0 Å². The van der Waals surface area contributed by atoms with Gasteiger partial charge in [-0.05, 0) is 40.4 Å². The number of nitrogens with one attached hydrogen (secondary N) is 1. The van der Waals surface area contributed by atoms with Gasteiger partial charge in [0, 0.05) is 0 Å². The summed E-state index contributed by atoms with van der Waals surface area (Å²) >= 11 is 0. The van der Waals surface area contributed by atoms with Crippen LogP contribution in [0.3, 0.4) is 0 Å². The molecule has 0 saturated carbocycles. The minimum atomic E-state index is -6.03. The van der Waals surface area contributed by atoms with Gasteiger partial charge in [-0.25, -0.2) is 16.8 Å². The zero-order chi connectivity index (χ0) is 24.4. The van der Waals surface area contributed by atoms with Crippen molar-refractivity contribution in [2.45, 2.75) is 84.6 Å². The second-order valence-corrected chi connectivity index (χ2v) is 13.0. The molecule has 0 aliphatic carbocycles. The van der Waals surface area contributed by atoms with Gasteiger partial charge >= 0.3 is 15.5 Å². The largest absolute Gasteiger partial charge is 0.512 e. The molecule has 0 aliphatic rings. The Labute approximate surface area is 179 Å². The van der Waals surface area contributed by atoms with Crippen LogP contribution in [0.25, 0.3) is 0 Å². The zero-order valence-corrected chi connectivity index (χ0v) is 20.7. The zero-order valence-electron chi connectivity index (χ0n) is 19.1. The summed E-state index contributed by atoms with van der Waals surface area (Å²) in [6.45, 7) is 18.5. The molecule has 1 unspecified atom stereocenters. The topological polar surface area (TPSA) is 80.3 Å². The van der Waals surface area contributed by atoms with Crippen LogP contribution in [0.15, 0.2) is 29.2 Å². The lowest BCUT2D eigenvalue weighted by atomic mass is 9.58. The van der Waals surface area contributed by atoms with Gasteiger partial charge in [-0.1, -0.05) is 78.6 Å². The number of benzene rings is 1. The predicted molar refractivity (Wildman–Crippen MR) is 114 cm³/mol. The van der Waals surface area contributed by atoms with Gasteiger partial charge in [0.05, 0.1) is 4.90 Å². The monoisotopic (exact) mass is 473 g/mol. The van der Waals surface area contributed by atoms with Crippen LogP contribution in [0.2, 0.25) is 0 Å². The molecule has 1 aromatic rings.